The van der Waals surface area contributed by atoms with Crippen molar-refractivity contribution >= 4 is 34.2 Å². The van der Waals surface area contributed by atoms with Crippen LogP contribution in [-0.2, 0) is 14.3 Å². The highest BCUT2D eigenvalue weighted by Crippen LogP contribution is 2.48. The summed E-state index contributed by atoms with van der Waals surface area (Å²) in [6.45, 7) is 8.69. The summed E-state index contributed by atoms with van der Waals surface area (Å²) in [5.74, 6) is -1.22. The number of hydrogen-bond donors (Lipinski definition) is 1. The van der Waals surface area contributed by atoms with Crippen molar-refractivity contribution in [2.24, 2.45) is 5.92 Å². The summed E-state index contributed by atoms with van der Waals surface area (Å²) < 4.78 is 10.6. The van der Waals surface area contributed by atoms with Crippen molar-refractivity contribution in [1.82, 2.24) is 0 Å². The lowest BCUT2D eigenvalue weighted by Crippen LogP contribution is -2.18. The second kappa shape index (κ2) is 9.00. The smallest absolute Gasteiger partial charge is 0.348 e. The minimum atomic E-state index is -0.562. The summed E-state index contributed by atoms with van der Waals surface area (Å²) in [7, 11) is 0. The van der Waals surface area contributed by atoms with Crippen molar-refractivity contribution in [1.29, 1.82) is 0 Å². The van der Waals surface area contributed by atoms with E-state index >= 15 is 0 Å². The number of ether oxygens (including phenoxy) is 2. The van der Waals surface area contributed by atoms with Crippen LogP contribution >= 0.6 is 11.3 Å². The van der Waals surface area contributed by atoms with E-state index in [0.29, 0.717) is 15.4 Å². The molecule has 0 bridgehead atoms. The molecule has 1 fully saturated rings. The number of carbonyl (C=O) groups excluding carboxylic acids is 3. The molecule has 1 saturated carbocycles. The maximum Gasteiger partial charge on any atom is 0.348 e. The molecule has 2 aromatic rings. The molecule has 3 rings (SSSR count). The molecule has 0 radical (unpaired) electrons. The Hall–Kier alpha value is -2.67. The molecule has 1 aromatic heterocycles. The summed E-state index contributed by atoms with van der Waals surface area (Å²) in [4.78, 5) is 38.3. The number of hydrogen-bond acceptors (Lipinski definition) is 6. The molecule has 1 aliphatic rings. The number of benzene rings is 1. The number of amides is 1. The van der Waals surface area contributed by atoms with E-state index in [9.17, 15) is 14.4 Å². The first kappa shape index (κ1) is 22.0. The first-order chi connectivity index (χ1) is 14.2. The van der Waals surface area contributed by atoms with Gasteiger partial charge in [0, 0.05) is 5.92 Å². The fraction of sp³-hybridized carbons (Fsp3) is 0.435. The monoisotopic (exact) mass is 429 g/mol. The number of esters is 2. The Kier molecular flexibility index (Phi) is 6.61. The van der Waals surface area contributed by atoms with Gasteiger partial charge in [-0.05, 0) is 58.1 Å². The van der Waals surface area contributed by atoms with Crippen LogP contribution in [0.2, 0.25) is 0 Å². The molecule has 0 spiro atoms. The van der Waals surface area contributed by atoms with Gasteiger partial charge < -0.3 is 14.8 Å². The van der Waals surface area contributed by atoms with Gasteiger partial charge in [0.1, 0.15) is 9.88 Å². The van der Waals surface area contributed by atoms with Crippen molar-refractivity contribution in [3.05, 3.63) is 51.9 Å². The highest BCUT2D eigenvalue weighted by atomic mass is 32.1. The lowest BCUT2D eigenvalue weighted by molar-refractivity contribution is -0.117. The quantitative estimate of drug-likeness (QED) is 0.631. The maximum atomic E-state index is 12.9. The van der Waals surface area contributed by atoms with Crippen LogP contribution in [0.25, 0.3) is 0 Å². The zero-order valence-electron chi connectivity index (χ0n) is 17.9. The topological polar surface area (TPSA) is 81.7 Å². The Morgan fingerprint density at radius 3 is 2.20 bits per heavy atom. The third-order valence-corrected chi connectivity index (χ3v) is 6.00. The predicted octanol–water partition coefficient (Wildman–Crippen LogP) is 4.93. The average molecular weight is 430 g/mol. The van der Waals surface area contributed by atoms with Gasteiger partial charge in [-0.3, -0.25) is 4.79 Å². The molecule has 6 nitrogen and oxygen atoms in total. The van der Waals surface area contributed by atoms with Crippen molar-refractivity contribution < 1.29 is 23.9 Å². The summed E-state index contributed by atoms with van der Waals surface area (Å²) in [6.07, 6.45) is 0.146. The highest BCUT2D eigenvalue weighted by molar-refractivity contribution is 7.18. The first-order valence-electron chi connectivity index (χ1n) is 10.1. The second-order valence-corrected chi connectivity index (χ2v) is 9.04. The van der Waals surface area contributed by atoms with Gasteiger partial charge in [-0.2, -0.15) is 0 Å². The largest absolute Gasteiger partial charge is 0.459 e. The number of rotatable bonds is 7. The summed E-state index contributed by atoms with van der Waals surface area (Å²) in [5, 5.41) is 3.20. The third-order valence-electron chi connectivity index (χ3n) is 4.81. The van der Waals surface area contributed by atoms with Crippen LogP contribution in [0.3, 0.4) is 0 Å². The molecule has 1 aromatic carbocycles. The number of anilines is 1. The Morgan fingerprint density at radius 2 is 1.60 bits per heavy atom. The molecular formula is C23H27NO5S. The van der Waals surface area contributed by atoms with E-state index in [1.165, 1.54) is 0 Å². The zero-order chi connectivity index (χ0) is 22.0. The molecule has 160 valence electrons. The van der Waals surface area contributed by atoms with Crippen molar-refractivity contribution in [2.75, 3.05) is 5.32 Å². The van der Waals surface area contributed by atoms with E-state index in [1.807, 2.05) is 30.3 Å². The molecule has 1 N–H and O–H groups in total. The molecule has 7 heteroatoms. The molecule has 1 amide bonds. The van der Waals surface area contributed by atoms with E-state index in [1.54, 1.807) is 34.6 Å². The van der Waals surface area contributed by atoms with E-state index in [-0.39, 0.29) is 35.5 Å². The summed E-state index contributed by atoms with van der Waals surface area (Å²) in [5.41, 5.74) is 1.80. The fourth-order valence-electron chi connectivity index (χ4n) is 3.34. The number of nitrogens with one attached hydrogen (secondary N) is 1. The molecule has 30 heavy (non-hydrogen) atoms. The molecule has 1 heterocycles. The summed E-state index contributed by atoms with van der Waals surface area (Å²) in [6, 6.07) is 9.88. The van der Waals surface area contributed by atoms with Crippen molar-refractivity contribution in [3.63, 3.8) is 0 Å². The SMILES string of the molecule is Cc1c(C(=O)OC(C)C)sc(NC(=O)C2CC2c2ccccc2)c1C(=O)OC(C)C. The molecule has 0 saturated heterocycles. The Morgan fingerprint density at radius 1 is 1.00 bits per heavy atom. The Balaban J connectivity index is 1.84. The van der Waals surface area contributed by atoms with Crippen LogP contribution in [-0.4, -0.2) is 30.1 Å². The van der Waals surface area contributed by atoms with Crippen molar-refractivity contribution in [2.45, 2.75) is 59.2 Å². The van der Waals surface area contributed by atoms with Gasteiger partial charge >= 0.3 is 11.9 Å². The van der Waals surface area contributed by atoms with Gasteiger partial charge in [-0.25, -0.2) is 9.59 Å². The van der Waals surface area contributed by atoms with Crippen LogP contribution in [0.1, 0.15) is 71.2 Å². The van der Waals surface area contributed by atoms with Crippen LogP contribution in [0, 0.1) is 12.8 Å². The van der Waals surface area contributed by atoms with E-state index in [0.717, 1.165) is 23.3 Å². The average Bonchev–Trinajstić information content (AvgIpc) is 3.40. The second-order valence-electron chi connectivity index (χ2n) is 8.02. The lowest BCUT2D eigenvalue weighted by atomic mass is 10.1. The zero-order valence-corrected chi connectivity index (χ0v) is 18.7. The Bertz CT molecular complexity index is 948. The summed E-state index contributed by atoms with van der Waals surface area (Å²) >= 11 is 1.05. The molecular weight excluding hydrogens is 402 g/mol. The molecule has 2 atom stereocenters. The standard InChI is InChI=1S/C23H27NO5S/c1-12(2)28-22(26)18-14(5)19(23(27)29-13(3)4)30-21(18)24-20(25)17-11-16(17)15-9-7-6-8-10-15/h6-10,12-13,16-17H,11H2,1-5H3,(H,24,25). The number of thiophene rings is 1. The van der Waals surface area contributed by atoms with E-state index in [4.69, 9.17) is 9.47 Å². The third kappa shape index (κ3) is 4.90. The van der Waals surface area contributed by atoms with Gasteiger partial charge in [0.2, 0.25) is 5.91 Å². The van der Waals surface area contributed by atoms with E-state index < -0.39 is 11.9 Å². The van der Waals surface area contributed by atoms with E-state index in [2.05, 4.69) is 5.32 Å². The highest BCUT2D eigenvalue weighted by Gasteiger charge is 2.44. The van der Waals surface area contributed by atoms with Gasteiger partial charge in [0.25, 0.3) is 0 Å². The van der Waals surface area contributed by atoms with Gasteiger partial charge in [-0.15, -0.1) is 11.3 Å². The van der Waals surface area contributed by atoms with Crippen LogP contribution in [0.4, 0.5) is 5.00 Å². The van der Waals surface area contributed by atoms with Gasteiger partial charge in [0.05, 0.1) is 17.8 Å². The minimum absolute atomic E-state index is 0.158. The minimum Gasteiger partial charge on any atom is -0.459 e. The lowest BCUT2D eigenvalue weighted by Gasteiger charge is -2.10. The first-order valence-corrected chi connectivity index (χ1v) is 10.9. The molecule has 0 aliphatic heterocycles. The number of carbonyl (C=O) groups is 3. The van der Waals surface area contributed by atoms with Crippen molar-refractivity contribution in [3.8, 4) is 0 Å². The maximum absolute atomic E-state index is 12.9. The van der Waals surface area contributed by atoms with Crippen LogP contribution in [0.5, 0.6) is 0 Å². The van der Waals surface area contributed by atoms with Crippen LogP contribution in [0.15, 0.2) is 30.3 Å². The normalized spacial score (nSPS) is 17.7. The molecule has 2 unspecified atom stereocenters. The van der Waals surface area contributed by atoms with Gasteiger partial charge in [-0.1, -0.05) is 30.3 Å². The fourth-order valence-corrected chi connectivity index (χ4v) is 4.42. The Labute approximate surface area is 180 Å². The predicted molar refractivity (Wildman–Crippen MR) is 116 cm³/mol. The molecule has 1 aliphatic carbocycles. The van der Waals surface area contributed by atoms with Crippen LogP contribution < -0.4 is 5.32 Å². The van der Waals surface area contributed by atoms with Gasteiger partial charge in [0.15, 0.2) is 0 Å².